The molecule has 0 aromatic heterocycles. The number of aliphatic carboxylic acids is 2. The third-order valence-corrected chi connectivity index (χ3v) is 14.1. The zero-order valence-electron chi connectivity index (χ0n) is 51.5. The van der Waals surface area contributed by atoms with Crippen molar-refractivity contribution >= 4 is 76.9 Å². The van der Waals surface area contributed by atoms with E-state index in [1.807, 2.05) is 0 Å². The number of phenols is 1. The second kappa shape index (κ2) is 42.0. The number of nitrogens with zero attached hydrogens (tertiary/aromatic N) is 2. The molecular formula is C58H94N18O15. The number of hydrogen-bond acceptors (Lipinski definition) is 19. The Morgan fingerprint density at radius 2 is 0.901 bits per heavy atom. The van der Waals surface area contributed by atoms with Gasteiger partial charge in [-0.2, -0.15) is 0 Å². The van der Waals surface area contributed by atoms with Gasteiger partial charge in [0.15, 0.2) is 17.7 Å². The summed E-state index contributed by atoms with van der Waals surface area (Å²) in [6.07, 6.45) is -0.850. The average Bonchev–Trinajstić information content (AvgIpc) is 1.35. The predicted octanol–water partition coefficient (Wildman–Crippen LogP) is -5.37. The second-order valence-electron chi connectivity index (χ2n) is 22.0. The van der Waals surface area contributed by atoms with Crippen LogP contribution in [0.5, 0.6) is 5.75 Å². The number of hydrogen-bond donors (Lipinski definition) is 20. The third kappa shape index (κ3) is 30.8. The lowest BCUT2D eigenvalue weighted by Gasteiger charge is -2.32. The smallest absolute Gasteiger partial charge is 0.326 e. The SMILES string of the molecule is CC(C)[C@H](NC(Cc1ccccc1)C(=O)[C@H](CCCN=C(N)N)NC(=O)[C@H](CCCCN)NC(=O)[C@H](CO)NC(=O)[C@H](CCCN=C(N)N)NC(=O)[C@H](N)Cc1ccc(O)cc1)C(=O)N[C@@H](CCC(N)=O)C(=O)N[C@@H](CCCCN)C(=O)N[C@@H](CC(=O)O)C(=O)O. The van der Waals surface area contributed by atoms with E-state index in [0.717, 1.165) is 0 Å². The number of aliphatic imine (C=N–C) groups is 2. The van der Waals surface area contributed by atoms with E-state index in [-0.39, 0.29) is 108 Å². The number of aromatic hydroxyl groups is 1. The van der Waals surface area contributed by atoms with E-state index in [2.05, 4.69) is 52.5 Å². The molecule has 91 heavy (non-hydrogen) atoms. The molecule has 0 radical (unpaired) electrons. The van der Waals surface area contributed by atoms with Crippen LogP contribution >= 0.6 is 0 Å². The van der Waals surface area contributed by atoms with Gasteiger partial charge < -0.3 is 104 Å². The number of carboxylic acid groups (broad SMARTS) is 2. The van der Waals surface area contributed by atoms with Crippen LogP contribution in [-0.2, 0) is 65.6 Å². The zero-order chi connectivity index (χ0) is 68.2. The van der Waals surface area contributed by atoms with Crippen molar-refractivity contribution in [2.45, 2.75) is 171 Å². The first-order valence-electron chi connectivity index (χ1n) is 29.9. The van der Waals surface area contributed by atoms with Crippen LogP contribution in [-0.4, -0.2) is 191 Å². The molecular weight excluding hydrogens is 1190 g/mol. The van der Waals surface area contributed by atoms with Crippen LogP contribution in [0.3, 0.4) is 0 Å². The maximum absolute atomic E-state index is 15.3. The van der Waals surface area contributed by atoms with Gasteiger partial charge >= 0.3 is 11.9 Å². The Bertz CT molecular complexity index is 2750. The highest BCUT2D eigenvalue weighted by Gasteiger charge is 2.38. The van der Waals surface area contributed by atoms with E-state index in [1.165, 1.54) is 12.1 Å². The molecule has 2 aromatic carbocycles. The lowest BCUT2D eigenvalue weighted by molar-refractivity contribution is -0.147. The van der Waals surface area contributed by atoms with E-state index in [0.29, 0.717) is 24.0 Å². The summed E-state index contributed by atoms with van der Waals surface area (Å²) in [7, 11) is 0. The van der Waals surface area contributed by atoms with Crippen molar-refractivity contribution in [3.8, 4) is 5.75 Å². The standard InChI is InChI=1S/C58H94N18O15/c1-32(2)47(55(89)74-41(22-23-45(62)79)53(87)72-39(15-7-9-25-60)51(85)75-43(56(90)91)30-46(80)81)69-42(29-33-12-4-3-5-13-33)48(82)37(16-10-26-67-57(63)64)70-50(84)38(14-6-8-24-59)73-54(88)44(31-77)76-52(86)40(17-11-27-68-58(65)66)71-49(83)36(61)28-34-18-20-35(78)21-19-34/h3-5,12-13,18-21,32,36-44,47,69,77-78H,6-11,14-17,22-31,59-61H2,1-2H3,(H2,62,79)(H,70,84)(H,71,83)(H,72,87)(H,73,88)(H,74,89)(H,75,85)(H,76,86)(H,80,81)(H,90,91)(H4,63,64,67)(H4,65,66,68)/t36-,37+,38+,39+,40+,41+,42?,43+,44+,47+/m1/s1. The van der Waals surface area contributed by atoms with E-state index in [4.69, 9.17) is 45.9 Å². The predicted molar refractivity (Wildman–Crippen MR) is 335 cm³/mol. The fraction of sp³-hybridized carbons (Fsp3) is 0.569. The molecule has 2 aromatic rings. The summed E-state index contributed by atoms with van der Waals surface area (Å²) in [4.78, 5) is 157. The van der Waals surface area contributed by atoms with Crippen LogP contribution in [0.1, 0.15) is 108 Å². The minimum absolute atomic E-state index is 0.00771. The number of nitrogens with one attached hydrogen (secondary N) is 8. The maximum atomic E-state index is 15.3. The van der Waals surface area contributed by atoms with Crippen molar-refractivity contribution in [2.75, 3.05) is 32.8 Å². The first kappa shape index (κ1) is 78.0. The molecule has 0 saturated heterocycles. The summed E-state index contributed by atoms with van der Waals surface area (Å²) in [5, 5.41) is 59.8. The summed E-state index contributed by atoms with van der Waals surface area (Å²) in [5.41, 5.74) is 46.5. The number of carbonyl (C=O) groups is 11. The Morgan fingerprint density at radius 1 is 0.484 bits per heavy atom. The second-order valence-corrected chi connectivity index (χ2v) is 22.0. The normalized spacial score (nSPS) is 14.4. The molecule has 0 aliphatic carbocycles. The molecule has 0 aliphatic rings. The van der Waals surface area contributed by atoms with E-state index in [1.54, 1.807) is 56.3 Å². The average molecular weight is 1280 g/mol. The Hall–Kier alpha value is -9.05. The van der Waals surface area contributed by atoms with Crippen molar-refractivity contribution in [3.63, 3.8) is 0 Å². The number of ketones is 1. The Labute approximate surface area is 527 Å². The quantitative estimate of drug-likeness (QED) is 0.0167. The number of Topliss-reactive ketones (excluding diaryl/α,β-unsaturated/α-hetero) is 1. The number of amides is 8. The van der Waals surface area contributed by atoms with E-state index < -0.39 is 157 Å². The van der Waals surface area contributed by atoms with Gasteiger partial charge in [-0.05, 0) is 126 Å². The highest BCUT2D eigenvalue weighted by atomic mass is 16.4. The fourth-order valence-electron chi connectivity index (χ4n) is 9.21. The molecule has 506 valence electrons. The fourth-order valence-corrected chi connectivity index (χ4v) is 9.21. The number of phenolic OH excluding ortho intramolecular Hbond substituents is 1. The largest absolute Gasteiger partial charge is 0.508 e. The lowest BCUT2D eigenvalue weighted by atomic mass is 9.92. The summed E-state index contributed by atoms with van der Waals surface area (Å²) in [5.74, 6) is -12.5. The molecule has 0 fully saturated rings. The van der Waals surface area contributed by atoms with Crippen LogP contribution in [0.25, 0.3) is 0 Å². The van der Waals surface area contributed by atoms with Crippen LogP contribution in [0.4, 0.5) is 0 Å². The van der Waals surface area contributed by atoms with Gasteiger partial charge in [-0.3, -0.25) is 63.2 Å². The molecule has 0 bridgehead atoms. The van der Waals surface area contributed by atoms with E-state index in [9.17, 15) is 68.4 Å². The molecule has 0 spiro atoms. The topological polar surface area (TPSA) is 598 Å². The van der Waals surface area contributed by atoms with Crippen molar-refractivity contribution in [1.29, 1.82) is 0 Å². The van der Waals surface area contributed by atoms with Crippen molar-refractivity contribution < 1.29 is 73.2 Å². The van der Waals surface area contributed by atoms with Gasteiger partial charge in [0.25, 0.3) is 0 Å². The molecule has 8 amide bonds. The number of rotatable bonds is 46. The molecule has 2 rings (SSSR count). The molecule has 0 saturated carbocycles. The summed E-state index contributed by atoms with van der Waals surface area (Å²) in [6.45, 7) is 2.65. The highest BCUT2D eigenvalue weighted by Crippen LogP contribution is 2.16. The van der Waals surface area contributed by atoms with Crippen LogP contribution in [0, 0.1) is 5.92 Å². The third-order valence-electron chi connectivity index (χ3n) is 14.1. The molecule has 33 heteroatoms. The lowest BCUT2D eigenvalue weighted by Crippen LogP contribution is -2.62. The molecule has 0 aliphatic heterocycles. The minimum atomic E-state index is -1.88. The van der Waals surface area contributed by atoms with Gasteiger partial charge in [0.2, 0.25) is 47.3 Å². The summed E-state index contributed by atoms with van der Waals surface area (Å²) >= 11 is 0. The van der Waals surface area contributed by atoms with E-state index >= 15 is 4.79 Å². The molecule has 1 unspecified atom stereocenters. The number of nitrogens with two attached hydrogens (primary N) is 8. The van der Waals surface area contributed by atoms with Gasteiger partial charge in [-0.15, -0.1) is 0 Å². The number of primary amides is 1. The number of unbranched alkanes of at least 4 members (excludes halogenated alkanes) is 2. The summed E-state index contributed by atoms with van der Waals surface area (Å²) in [6, 6.07) is -0.221. The molecule has 10 atom stereocenters. The Kier molecular flexibility index (Phi) is 36.1. The molecule has 0 heterocycles. The first-order chi connectivity index (χ1) is 43.1. The van der Waals surface area contributed by atoms with Gasteiger partial charge in [-0.1, -0.05) is 56.3 Å². The van der Waals surface area contributed by atoms with Crippen molar-refractivity contribution in [1.82, 2.24) is 42.5 Å². The number of carbonyl (C=O) groups excluding carboxylic acids is 9. The van der Waals surface area contributed by atoms with Gasteiger partial charge in [0.05, 0.1) is 37.2 Å². The number of aliphatic hydroxyl groups excluding tert-OH is 1. The molecule has 33 nitrogen and oxygen atoms in total. The molecule has 28 N–H and O–H groups in total. The number of benzene rings is 2. The summed E-state index contributed by atoms with van der Waals surface area (Å²) < 4.78 is 0. The number of carboxylic acids is 2. The Balaban J connectivity index is 2.61. The highest BCUT2D eigenvalue weighted by molar-refractivity contribution is 5.98. The van der Waals surface area contributed by atoms with Gasteiger partial charge in [0.1, 0.15) is 42.0 Å². The van der Waals surface area contributed by atoms with Crippen molar-refractivity contribution in [3.05, 3.63) is 65.7 Å². The number of guanidine groups is 2. The van der Waals surface area contributed by atoms with Crippen LogP contribution < -0.4 is 88.4 Å². The monoisotopic (exact) mass is 1280 g/mol. The zero-order valence-corrected chi connectivity index (χ0v) is 51.5. The van der Waals surface area contributed by atoms with Gasteiger partial charge in [-0.25, -0.2) is 4.79 Å². The minimum Gasteiger partial charge on any atom is -0.508 e. The first-order valence-corrected chi connectivity index (χ1v) is 29.9. The van der Waals surface area contributed by atoms with Crippen LogP contribution in [0.15, 0.2) is 64.6 Å². The van der Waals surface area contributed by atoms with Crippen molar-refractivity contribution in [2.24, 2.45) is 61.8 Å². The maximum Gasteiger partial charge on any atom is 0.326 e. The number of aliphatic hydroxyl groups is 1. The van der Waals surface area contributed by atoms with Crippen LogP contribution in [0.2, 0.25) is 0 Å². The Morgan fingerprint density at radius 3 is 1.35 bits per heavy atom. The van der Waals surface area contributed by atoms with Gasteiger partial charge in [0, 0.05) is 19.5 Å².